The summed E-state index contributed by atoms with van der Waals surface area (Å²) in [5, 5.41) is 16.0. The molecule has 1 aliphatic heterocycles. The molecule has 2 unspecified atom stereocenters. The van der Waals surface area contributed by atoms with Crippen LogP contribution in [0.15, 0.2) is 36.4 Å². The number of amides is 2. The van der Waals surface area contributed by atoms with E-state index in [0.29, 0.717) is 18.5 Å². The number of hydrogen-bond acceptors (Lipinski definition) is 5. The lowest BCUT2D eigenvalue weighted by Crippen LogP contribution is -2.58. The first-order chi connectivity index (χ1) is 16.2. The van der Waals surface area contributed by atoms with Crippen LogP contribution in [0.3, 0.4) is 0 Å². The Morgan fingerprint density at radius 1 is 1.21 bits per heavy atom. The maximum atomic E-state index is 13.5. The minimum atomic E-state index is -0.940. The number of fused-ring (bicyclic) bond motifs is 1. The van der Waals surface area contributed by atoms with Crippen LogP contribution in [0.4, 0.5) is 8.78 Å². The first kappa shape index (κ1) is 24.2. The number of ether oxygens (including phenoxy) is 2. The van der Waals surface area contributed by atoms with Gasteiger partial charge < -0.3 is 25.2 Å². The van der Waals surface area contributed by atoms with Gasteiger partial charge in [0.05, 0.1) is 11.1 Å². The molecule has 4 rings (SSSR count). The van der Waals surface area contributed by atoms with Crippen LogP contribution in [0.5, 0.6) is 11.5 Å². The predicted octanol–water partition coefficient (Wildman–Crippen LogP) is 3.43. The summed E-state index contributed by atoms with van der Waals surface area (Å²) in [6.07, 6.45) is 1.13. The Morgan fingerprint density at radius 3 is 2.71 bits per heavy atom. The highest BCUT2D eigenvalue weighted by Gasteiger charge is 2.41. The van der Waals surface area contributed by atoms with E-state index in [4.69, 9.17) is 21.1 Å². The number of rotatable bonds is 8. The standard InChI is InChI=1S/C24H25ClF2N2O5/c25-17-5-3-15(11-18(17)27)33-13-22(31)28-9-8-24(6-1-7-24)29-23(32)21-12-19(30)16-4-2-14(26)10-20(16)34-21/h2-5,10-11,19,21,30H,1,6-9,12-13H2,(H,28,31)(H,29,32). The normalized spacial score (nSPS) is 20.4. The largest absolute Gasteiger partial charge is 0.484 e. The smallest absolute Gasteiger partial charge is 0.261 e. The summed E-state index contributed by atoms with van der Waals surface area (Å²) in [5.41, 5.74) is -0.0313. The Morgan fingerprint density at radius 2 is 2.00 bits per heavy atom. The summed E-state index contributed by atoms with van der Waals surface area (Å²) in [5.74, 6) is -1.55. The molecule has 2 aromatic rings. The van der Waals surface area contributed by atoms with Gasteiger partial charge in [0.25, 0.3) is 11.8 Å². The number of hydrogen-bond donors (Lipinski definition) is 3. The number of aliphatic hydroxyl groups excluding tert-OH is 1. The average molecular weight is 495 g/mol. The van der Waals surface area contributed by atoms with Crippen molar-refractivity contribution in [2.45, 2.75) is 49.9 Å². The van der Waals surface area contributed by atoms with Crippen molar-refractivity contribution >= 4 is 23.4 Å². The number of carbonyl (C=O) groups is 2. The molecule has 34 heavy (non-hydrogen) atoms. The van der Waals surface area contributed by atoms with Crippen LogP contribution in [0.25, 0.3) is 0 Å². The summed E-state index contributed by atoms with van der Waals surface area (Å²) < 4.78 is 37.9. The van der Waals surface area contributed by atoms with Gasteiger partial charge in [0.15, 0.2) is 12.7 Å². The Hall–Kier alpha value is -2.91. The van der Waals surface area contributed by atoms with Gasteiger partial charge in [-0.05, 0) is 49.9 Å². The zero-order valence-electron chi connectivity index (χ0n) is 18.3. The van der Waals surface area contributed by atoms with Crippen molar-refractivity contribution in [2.24, 2.45) is 0 Å². The van der Waals surface area contributed by atoms with E-state index >= 15 is 0 Å². The fourth-order valence-electron chi connectivity index (χ4n) is 4.17. The van der Waals surface area contributed by atoms with Crippen molar-refractivity contribution in [2.75, 3.05) is 13.2 Å². The third-order valence-corrected chi connectivity index (χ3v) is 6.53. The lowest BCUT2D eigenvalue weighted by molar-refractivity contribution is -0.133. The minimum Gasteiger partial charge on any atom is -0.484 e. The van der Waals surface area contributed by atoms with Crippen LogP contribution in [-0.4, -0.2) is 41.7 Å². The van der Waals surface area contributed by atoms with E-state index < -0.39 is 29.4 Å². The summed E-state index contributed by atoms with van der Waals surface area (Å²) in [4.78, 5) is 25.0. The number of carbonyl (C=O) groups excluding carboxylic acids is 2. The van der Waals surface area contributed by atoms with E-state index in [0.717, 1.165) is 31.4 Å². The molecule has 1 saturated carbocycles. The molecule has 7 nitrogen and oxygen atoms in total. The molecule has 1 heterocycles. The van der Waals surface area contributed by atoms with Crippen molar-refractivity contribution in [3.8, 4) is 11.5 Å². The lowest BCUT2D eigenvalue weighted by Gasteiger charge is -2.44. The van der Waals surface area contributed by atoms with E-state index in [2.05, 4.69) is 10.6 Å². The van der Waals surface area contributed by atoms with Gasteiger partial charge in [0.2, 0.25) is 0 Å². The number of halogens is 3. The van der Waals surface area contributed by atoms with Crippen LogP contribution < -0.4 is 20.1 Å². The molecule has 0 spiro atoms. The number of benzene rings is 2. The first-order valence-electron chi connectivity index (χ1n) is 11.1. The molecule has 3 N–H and O–H groups in total. The summed E-state index contributed by atoms with van der Waals surface area (Å²) >= 11 is 5.62. The van der Waals surface area contributed by atoms with Gasteiger partial charge in [-0.25, -0.2) is 8.78 Å². The van der Waals surface area contributed by atoms with E-state index in [1.54, 1.807) is 0 Å². The average Bonchev–Trinajstić information content (AvgIpc) is 2.77. The maximum absolute atomic E-state index is 13.5. The monoisotopic (exact) mass is 494 g/mol. The Kier molecular flexibility index (Phi) is 7.23. The highest BCUT2D eigenvalue weighted by Crippen LogP contribution is 2.38. The third-order valence-electron chi connectivity index (χ3n) is 6.22. The highest BCUT2D eigenvalue weighted by molar-refractivity contribution is 6.30. The Bertz CT molecular complexity index is 1080. The van der Waals surface area contributed by atoms with Crippen LogP contribution in [-0.2, 0) is 9.59 Å². The molecular weight excluding hydrogens is 470 g/mol. The van der Waals surface area contributed by atoms with Crippen LogP contribution in [0, 0.1) is 11.6 Å². The molecular formula is C24H25ClF2N2O5. The van der Waals surface area contributed by atoms with E-state index in [9.17, 15) is 23.5 Å². The van der Waals surface area contributed by atoms with Gasteiger partial charge >= 0.3 is 0 Å². The second-order valence-corrected chi connectivity index (χ2v) is 9.04. The molecule has 0 bridgehead atoms. The number of aliphatic hydroxyl groups is 1. The quantitative estimate of drug-likeness (QED) is 0.522. The Balaban J connectivity index is 1.25. The number of nitrogens with one attached hydrogen (secondary N) is 2. The SMILES string of the molecule is O=C(COc1ccc(Cl)c(F)c1)NCCC1(NC(=O)C2CC(O)c3ccc(F)cc3O2)CCC1. The topological polar surface area (TPSA) is 96.9 Å². The second-order valence-electron chi connectivity index (χ2n) is 8.63. The molecule has 0 radical (unpaired) electrons. The van der Waals surface area contributed by atoms with E-state index in [1.165, 1.54) is 24.3 Å². The van der Waals surface area contributed by atoms with Gasteiger partial charge in [0, 0.05) is 36.2 Å². The van der Waals surface area contributed by atoms with E-state index in [-0.39, 0.29) is 41.4 Å². The molecule has 0 aromatic heterocycles. The molecule has 1 fully saturated rings. The van der Waals surface area contributed by atoms with Crippen LogP contribution >= 0.6 is 11.6 Å². The highest BCUT2D eigenvalue weighted by atomic mass is 35.5. The van der Waals surface area contributed by atoms with Gasteiger partial charge in [-0.1, -0.05) is 11.6 Å². The molecule has 1 aliphatic carbocycles. The van der Waals surface area contributed by atoms with Crippen LogP contribution in [0.2, 0.25) is 5.02 Å². The Labute approximate surface area is 200 Å². The van der Waals surface area contributed by atoms with Crippen molar-refractivity contribution in [3.05, 3.63) is 58.6 Å². The van der Waals surface area contributed by atoms with Gasteiger partial charge in [0.1, 0.15) is 23.1 Å². The van der Waals surface area contributed by atoms with Gasteiger partial charge in [-0.3, -0.25) is 9.59 Å². The third kappa shape index (κ3) is 5.59. The zero-order chi connectivity index (χ0) is 24.3. The van der Waals surface area contributed by atoms with Gasteiger partial charge in [-0.2, -0.15) is 0 Å². The predicted molar refractivity (Wildman–Crippen MR) is 120 cm³/mol. The molecule has 2 amide bonds. The lowest BCUT2D eigenvalue weighted by atomic mass is 9.74. The van der Waals surface area contributed by atoms with Crippen LogP contribution in [0.1, 0.15) is 43.8 Å². The molecule has 2 atom stereocenters. The molecule has 0 saturated heterocycles. The first-order valence-corrected chi connectivity index (χ1v) is 11.4. The molecule has 182 valence electrons. The molecule has 2 aromatic carbocycles. The summed E-state index contributed by atoms with van der Waals surface area (Å²) in [6.45, 7) is 0.0177. The van der Waals surface area contributed by atoms with Gasteiger partial charge in [-0.15, -0.1) is 0 Å². The van der Waals surface area contributed by atoms with Crippen molar-refractivity contribution in [3.63, 3.8) is 0 Å². The fraction of sp³-hybridized carbons (Fsp3) is 0.417. The molecule has 2 aliphatic rings. The second kappa shape index (κ2) is 10.1. The van der Waals surface area contributed by atoms with Crippen molar-refractivity contribution in [1.82, 2.24) is 10.6 Å². The minimum absolute atomic E-state index is 0.0332. The zero-order valence-corrected chi connectivity index (χ0v) is 19.0. The molecule has 10 heteroatoms. The van der Waals surface area contributed by atoms with Crippen molar-refractivity contribution < 1.29 is 33.0 Å². The summed E-state index contributed by atoms with van der Waals surface area (Å²) in [7, 11) is 0. The van der Waals surface area contributed by atoms with Crippen molar-refractivity contribution in [1.29, 1.82) is 0 Å². The van der Waals surface area contributed by atoms with E-state index in [1.807, 2.05) is 0 Å². The summed E-state index contributed by atoms with van der Waals surface area (Å²) in [6, 6.07) is 7.76. The fourth-order valence-corrected chi connectivity index (χ4v) is 4.29. The maximum Gasteiger partial charge on any atom is 0.261 e.